The largest absolute Gasteiger partial charge is 0.497 e. The van der Waals surface area contributed by atoms with E-state index in [4.69, 9.17) is 14.2 Å². The number of methoxy groups -OCH3 is 3. The van der Waals surface area contributed by atoms with E-state index in [9.17, 15) is 4.79 Å². The lowest BCUT2D eigenvalue weighted by molar-refractivity contribution is -0.142. The van der Waals surface area contributed by atoms with Gasteiger partial charge in [0.15, 0.2) is 0 Å². The number of carbonyl (C=O) groups excluding carboxylic acids is 1. The molecule has 0 radical (unpaired) electrons. The Labute approximate surface area is 190 Å². The van der Waals surface area contributed by atoms with Gasteiger partial charge in [-0.15, -0.1) is 0 Å². The van der Waals surface area contributed by atoms with Crippen LogP contribution in [0.15, 0.2) is 78.9 Å². The van der Waals surface area contributed by atoms with Crippen LogP contribution in [0.1, 0.15) is 23.1 Å². The number of carbonyl (C=O) groups is 1. The van der Waals surface area contributed by atoms with Crippen LogP contribution in [0.25, 0.3) is 0 Å². The van der Waals surface area contributed by atoms with Gasteiger partial charge in [-0.3, -0.25) is 9.69 Å². The summed E-state index contributed by atoms with van der Waals surface area (Å²) in [5, 5.41) is 0. The predicted octanol–water partition coefficient (Wildman–Crippen LogP) is 4.88. The van der Waals surface area contributed by atoms with E-state index in [1.807, 2.05) is 42.5 Å². The molecule has 32 heavy (non-hydrogen) atoms. The number of hydrogen-bond acceptors (Lipinski definition) is 5. The third-order valence-corrected chi connectivity index (χ3v) is 5.55. The maximum Gasteiger partial charge on any atom is 0.307 e. The first-order chi connectivity index (χ1) is 15.6. The average Bonchev–Trinajstić information content (AvgIpc) is 2.84. The van der Waals surface area contributed by atoms with Crippen LogP contribution in [0.2, 0.25) is 0 Å². The first-order valence-electron chi connectivity index (χ1n) is 10.7. The molecule has 168 valence electrons. The van der Waals surface area contributed by atoms with Gasteiger partial charge in [-0.2, -0.15) is 0 Å². The fraction of sp³-hybridized carbons (Fsp3) is 0.296. The molecule has 3 rings (SSSR count). The van der Waals surface area contributed by atoms with E-state index >= 15 is 0 Å². The Bertz CT molecular complexity index is 906. The normalized spacial score (nSPS) is 11.8. The molecular formula is C27H31NO4. The summed E-state index contributed by atoms with van der Waals surface area (Å²) in [6, 6.07) is 26.4. The lowest BCUT2D eigenvalue weighted by Crippen LogP contribution is -2.38. The molecule has 0 saturated heterocycles. The first kappa shape index (κ1) is 23.4. The second-order valence-corrected chi connectivity index (χ2v) is 7.72. The van der Waals surface area contributed by atoms with Gasteiger partial charge in [0.1, 0.15) is 11.5 Å². The number of ether oxygens (including phenoxy) is 3. The molecule has 3 aromatic carbocycles. The van der Waals surface area contributed by atoms with Crippen molar-refractivity contribution in [2.24, 2.45) is 0 Å². The summed E-state index contributed by atoms with van der Waals surface area (Å²) in [5.74, 6) is 1.44. The van der Waals surface area contributed by atoms with Crippen LogP contribution in [0.5, 0.6) is 11.5 Å². The van der Waals surface area contributed by atoms with E-state index in [1.165, 1.54) is 12.7 Å². The molecule has 5 heteroatoms. The van der Waals surface area contributed by atoms with Crippen LogP contribution >= 0.6 is 0 Å². The summed E-state index contributed by atoms with van der Waals surface area (Å²) < 4.78 is 15.6. The Kier molecular flexibility index (Phi) is 8.70. The monoisotopic (exact) mass is 433 g/mol. The summed E-state index contributed by atoms with van der Waals surface area (Å²) in [6.45, 7) is 1.40. The summed E-state index contributed by atoms with van der Waals surface area (Å²) in [5.41, 5.74) is 3.50. The molecule has 0 N–H and O–H groups in total. The SMILES string of the molecule is COC(=O)C[C@@H](Cc1ccccc1)N(Cc1ccc(OC)cc1)Cc1ccc(OC)cc1. The Hall–Kier alpha value is -3.31. The number of esters is 1. The van der Waals surface area contributed by atoms with Gasteiger partial charge in [0.25, 0.3) is 0 Å². The molecule has 1 atom stereocenters. The third-order valence-electron chi connectivity index (χ3n) is 5.55. The van der Waals surface area contributed by atoms with Crippen molar-refractivity contribution in [3.63, 3.8) is 0 Å². The lowest BCUT2D eigenvalue weighted by atomic mass is 10.00. The van der Waals surface area contributed by atoms with E-state index in [0.29, 0.717) is 19.5 Å². The molecular weight excluding hydrogens is 402 g/mol. The molecule has 0 amide bonds. The van der Waals surface area contributed by atoms with Crippen molar-refractivity contribution in [3.05, 3.63) is 95.6 Å². The fourth-order valence-electron chi connectivity index (χ4n) is 3.74. The van der Waals surface area contributed by atoms with Gasteiger partial charge in [0.2, 0.25) is 0 Å². The Morgan fingerprint density at radius 2 is 1.22 bits per heavy atom. The summed E-state index contributed by atoms with van der Waals surface area (Å²) in [7, 11) is 4.77. The fourth-order valence-corrected chi connectivity index (χ4v) is 3.74. The van der Waals surface area contributed by atoms with Gasteiger partial charge >= 0.3 is 5.97 Å². The van der Waals surface area contributed by atoms with Crippen molar-refractivity contribution in [2.75, 3.05) is 21.3 Å². The van der Waals surface area contributed by atoms with Crippen molar-refractivity contribution in [1.82, 2.24) is 4.90 Å². The van der Waals surface area contributed by atoms with E-state index in [1.54, 1.807) is 14.2 Å². The number of benzene rings is 3. The van der Waals surface area contributed by atoms with E-state index in [2.05, 4.69) is 41.3 Å². The van der Waals surface area contributed by atoms with Gasteiger partial charge in [-0.1, -0.05) is 54.6 Å². The van der Waals surface area contributed by atoms with Crippen molar-refractivity contribution in [2.45, 2.75) is 32.0 Å². The van der Waals surface area contributed by atoms with Gasteiger partial charge in [-0.05, 0) is 47.4 Å². The van der Waals surface area contributed by atoms with Gasteiger partial charge < -0.3 is 14.2 Å². The summed E-state index contributed by atoms with van der Waals surface area (Å²) in [6.07, 6.45) is 1.07. The smallest absolute Gasteiger partial charge is 0.307 e. The first-order valence-corrected chi connectivity index (χ1v) is 10.7. The minimum absolute atomic E-state index is 0.0194. The topological polar surface area (TPSA) is 48.0 Å². The predicted molar refractivity (Wildman–Crippen MR) is 126 cm³/mol. The standard InChI is InChI=1S/C27H31NO4/c1-30-25-13-9-22(10-14-25)19-28(20-23-11-15-26(31-2)16-12-23)24(18-27(29)32-3)17-21-7-5-4-6-8-21/h4-16,24H,17-20H2,1-3H3/t24-/m1/s1. The molecule has 0 spiro atoms. The van der Waals surface area contributed by atoms with E-state index < -0.39 is 0 Å². The van der Waals surface area contributed by atoms with Crippen LogP contribution < -0.4 is 9.47 Å². The molecule has 0 aliphatic rings. The molecule has 3 aromatic rings. The number of rotatable bonds is 11. The average molecular weight is 434 g/mol. The number of hydrogen-bond donors (Lipinski definition) is 0. The third kappa shape index (κ3) is 6.86. The zero-order valence-electron chi connectivity index (χ0n) is 19.0. The van der Waals surface area contributed by atoms with E-state index in [-0.39, 0.29) is 12.0 Å². The van der Waals surface area contributed by atoms with Crippen LogP contribution in [0.4, 0.5) is 0 Å². The molecule has 5 nitrogen and oxygen atoms in total. The zero-order chi connectivity index (χ0) is 22.8. The molecule has 0 heterocycles. The number of nitrogens with zero attached hydrogens (tertiary/aromatic N) is 1. The summed E-state index contributed by atoms with van der Waals surface area (Å²) in [4.78, 5) is 14.6. The van der Waals surface area contributed by atoms with E-state index in [0.717, 1.165) is 29.0 Å². The molecule has 0 aliphatic carbocycles. The molecule has 0 aliphatic heterocycles. The van der Waals surface area contributed by atoms with Gasteiger partial charge in [0.05, 0.1) is 27.8 Å². The molecule has 0 bridgehead atoms. The summed E-state index contributed by atoms with van der Waals surface area (Å²) >= 11 is 0. The maximum atomic E-state index is 12.3. The minimum Gasteiger partial charge on any atom is -0.497 e. The van der Waals surface area contributed by atoms with Crippen molar-refractivity contribution < 1.29 is 19.0 Å². The van der Waals surface area contributed by atoms with Gasteiger partial charge in [-0.25, -0.2) is 0 Å². The molecule has 0 unspecified atom stereocenters. The van der Waals surface area contributed by atoms with Crippen molar-refractivity contribution >= 4 is 5.97 Å². The minimum atomic E-state index is -0.208. The van der Waals surface area contributed by atoms with Crippen molar-refractivity contribution in [1.29, 1.82) is 0 Å². The van der Waals surface area contributed by atoms with Crippen molar-refractivity contribution in [3.8, 4) is 11.5 Å². The molecule has 0 aromatic heterocycles. The zero-order valence-corrected chi connectivity index (χ0v) is 19.0. The molecule has 0 fully saturated rings. The Morgan fingerprint density at radius 1 is 0.719 bits per heavy atom. The highest BCUT2D eigenvalue weighted by molar-refractivity contribution is 5.70. The molecule has 0 saturated carbocycles. The second kappa shape index (κ2) is 11.9. The highest BCUT2D eigenvalue weighted by atomic mass is 16.5. The Morgan fingerprint density at radius 3 is 1.66 bits per heavy atom. The quantitative estimate of drug-likeness (QED) is 0.403. The lowest BCUT2D eigenvalue weighted by Gasteiger charge is -2.32. The highest BCUT2D eigenvalue weighted by Crippen LogP contribution is 2.22. The van der Waals surface area contributed by atoms with Crippen LogP contribution in [-0.2, 0) is 29.0 Å². The Balaban J connectivity index is 1.89. The van der Waals surface area contributed by atoms with Gasteiger partial charge in [0, 0.05) is 19.1 Å². The highest BCUT2D eigenvalue weighted by Gasteiger charge is 2.23. The van der Waals surface area contributed by atoms with Crippen LogP contribution in [0.3, 0.4) is 0 Å². The van der Waals surface area contributed by atoms with Crippen LogP contribution in [0, 0.1) is 0 Å². The maximum absolute atomic E-state index is 12.3. The second-order valence-electron chi connectivity index (χ2n) is 7.72. The van der Waals surface area contributed by atoms with Crippen LogP contribution in [-0.4, -0.2) is 38.2 Å².